The first-order valence-electron chi connectivity index (χ1n) is 8.30. The first-order valence-corrected chi connectivity index (χ1v) is 8.71. The summed E-state index contributed by atoms with van der Waals surface area (Å²) in [7, 11) is 0. The van der Waals surface area contributed by atoms with E-state index in [9.17, 15) is 0 Å². The first kappa shape index (κ1) is 16.0. The van der Waals surface area contributed by atoms with E-state index in [4.69, 9.17) is 16.6 Å². The average molecular weight is 353 g/mol. The zero-order valence-electron chi connectivity index (χ0n) is 13.8. The van der Waals surface area contributed by atoms with Gasteiger partial charge in [-0.2, -0.15) is 0 Å². The fraction of sp³-hybridized carbons (Fsp3) is 0.278. The van der Waals surface area contributed by atoms with Crippen LogP contribution in [0, 0.1) is 4.84 Å². The van der Waals surface area contributed by atoms with Gasteiger partial charge in [-0.3, -0.25) is 9.88 Å². The van der Waals surface area contributed by atoms with Crippen LogP contribution in [0.3, 0.4) is 0 Å². The van der Waals surface area contributed by atoms with Gasteiger partial charge in [0.2, 0.25) is 5.89 Å². The van der Waals surface area contributed by atoms with Gasteiger partial charge in [0.05, 0.1) is 12.2 Å². The largest absolute Gasteiger partial charge is 0.409 e. The van der Waals surface area contributed by atoms with E-state index in [0.29, 0.717) is 17.4 Å². The molecule has 0 amide bonds. The summed E-state index contributed by atoms with van der Waals surface area (Å²) in [6.07, 6.45) is 3.45. The minimum absolute atomic E-state index is 0.393. The summed E-state index contributed by atoms with van der Waals surface area (Å²) in [5.41, 5.74) is 2.11. The van der Waals surface area contributed by atoms with Crippen molar-refractivity contribution in [2.45, 2.75) is 6.67 Å². The Balaban J connectivity index is 1.41. The zero-order valence-corrected chi connectivity index (χ0v) is 14.6. The Labute approximate surface area is 151 Å². The average Bonchev–Trinajstić information content (AvgIpc) is 3.04. The maximum atomic E-state index is 5.62. The number of para-hydroxylation sites is 1. The van der Waals surface area contributed by atoms with Gasteiger partial charge in [0, 0.05) is 44.3 Å². The summed E-state index contributed by atoms with van der Waals surface area (Å²) in [6, 6.07) is 14.3. The minimum Gasteiger partial charge on any atom is -0.409 e. The molecule has 0 bridgehead atoms. The second-order valence-corrected chi connectivity index (χ2v) is 6.35. The number of nitrogens with zero attached hydrogens (tertiary/aromatic N) is 5. The molecule has 25 heavy (non-hydrogen) atoms. The molecule has 1 aromatic carbocycles. The number of aromatic nitrogens is 3. The molecule has 3 heterocycles. The van der Waals surface area contributed by atoms with Gasteiger partial charge in [-0.15, -0.1) is 5.10 Å². The Bertz CT molecular complexity index is 869. The molecular formula is C18H19N5OS. The summed E-state index contributed by atoms with van der Waals surface area (Å²) in [5.74, 6) is 0.515. The monoisotopic (exact) mass is 353 g/mol. The van der Waals surface area contributed by atoms with Gasteiger partial charge < -0.3 is 9.32 Å². The SMILES string of the molecule is S=c1oc(-c2cccnc2)nn1CN1CCN(c2ccccc2)CC1. The predicted molar refractivity (Wildman–Crippen MR) is 98.8 cm³/mol. The van der Waals surface area contributed by atoms with Crippen LogP contribution in [0.1, 0.15) is 0 Å². The number of benzene rings is 1. The molecule has 0 spiro atoms. The summed E-state index contributed by atoms with van der Waals surface area (Å²) in [4.78, 5) is 9.23. The molecule has 6 nitrogen and oxygen atoms in total. The van der Waals surface area contributed by atoms with Crippen molar-refractivity contribution in [2.24, 2.45) is 0 Å². The van der Waals surface area contributed by atoms with Gasteiger partial charge >= 0.3 is 0 Å². The Kier molecular flexibility index (Phi) is 4.58. The first-order chi connectivity index (χ1) is 12.3. The molecule has 1 aliphatic heterocycles. The molecule has 1 fully saturated rings. The third-order valence-corrected chi connectivity index (χ3v) is 4.64. The number of hydrogen-bond acceptors (Lipinski definition) is 6. The fourth-order valence-electron chi connectivity index (χ4n) is 2.98. The van der Waals surface area contributed by atoms with Crippen molar-refractivity contribution >= 4 is 17.9 Å². The van der Waals surface area contributed by atoms with E-state index in [0.717, 1.165) is 31.7 Å². The molecule has 7 heteroatoms. The molecular weight excluding hydrogens is 334 g/mol. The third kappa shape index (κ3) is 3.62. The van der Waals surface area contributed by atoms with E-state index in [-0.39, 0.29) is 0 Å². The lowest BCUT2D eigenvalue weighted by atomic mass is 10.2. The Morgan fingerprint density at radius 1 is 1.00 bits per heavy atom. The fourth-order valence-corrected chi connectivity index (χ4v) is 3.15. The van der Waals surface area contributed by atoms with E-state index in [1.54, 1.807) is 17.1 Å². The molecule has 128 valence electrons. The quantitative estimate of drug-likeness (QED) is 0.672. The molecule has 1 aliphatic rings. The van der Waals surface area contributed by atoms with Gasteiger partial charge in [-0.1, -0.05) is 18.2 Å². The van der Waals surface area contributed by atoms with E-state index in [1.807, 2.05) is 18.2 Å². The molecule has 0 saturated carbocycles. The van der Waals surface area contributed by atoms with E-state index < -0.39 is 0 Å². The Morgan fingerprint density at radius 3 is 2.52 bits per heavy atom. The zero-order chi connectivity index (χ0) is 17.1. The van der Waals surface area contributed by atoms with Crippen LogP contribution in [0.25, 0.3) is 11.5 Å². The molecule has 2 aromatic heterocycles. The summed E-state index contributed by atoms with van der Waals surface area (Å²) >= 11 is 5.32. The third-order valence-electron chi connectivity index (χ3n) is 4.34. The molecule has 3 aromatic rings. The number of rotatable bonds is 4. The summed E-state index contributed by atoms with van der Waals surface area (Å²) < 4.78 is 7.37. The molecule has 1 saturated heterocycles. The highest BCUT2D eigenvalue weighted by Crippen LogP contribution is 2.18. The van der Waals surface area contributed by atoms with Crippen molar-refractivity contribution in [1.29, 1.82) is 0 Å². The highest BCUT2D eigenvalue weighted by Gasteiger charge is 2.18. The van der Waals surface area contributed by atoms with Gasteiger partial charge in [0.15, 0.2) is 0 Å². The van der Waals surface area contributed by atoms with Crippen molar-refractivity contribution in [1.82, 2.24) is 19.7 Å². The number of hydrogen-bond donors (Lipinski definition) is 0. The maximum Gasteiger partial charge on any atom is 0.288 e. The molecule has 0 radical (unpaired) electrons. The van der Waals surface area contributed by atoms with E-state index in [2.05, 4.69) is 44.1 Å². The van der Waals surface area contributed by atoms with Gasteiger partial charge in [0.1, 0.15) is 0 Å². The van der Waals surface area contributed by atoms with Crippen molar-refractivity contribution in [3.05, 3.63) is 59.7 Å². The van der Waals surface area contributed by atoms with Gasteiger partial charge in [0.25, 0.3) is 4.84 Å². The van der Waals surface area contributed by atoms with Gasteiger partial charge in [-0.25, -0.2) is 4.68 Å². The van der Waals surface area contributed by atoms with E-state index >= 15 is 0 Å². The number of anilines is 1. The van der Waals surface area contributed by atoms with Crippen LogP contribution >= 0.6 is 12.2 Å². The van der Waals surface area contributed by atoms with Crippen LogP contribution in [-0.4, -0.2) is 45.8 Å². The van der Waals surface area contributed by atoms with Crippen molar-refractivity contribution in [2.75, 3.05) is 31.1 Å². The molecule has 0 aliphatic carbocycles. The Hall–Kier alpha value is -2.51. The highest BCUT2D eigenvalue weighted by atomic mass is 32.1. The standard InChI is InChI=1S/C18H19N5OS/c25-18-23(20-17(24-18)15-5-4-8-19-13-15)14-21-9-11-22(12-10-21)16-6-2-1-3-7-16/h1-8,13H,9-12,14H2. The molecule has 0 atom stereocenters. The summed E-state index contributed by atoms with van der Waals surface area (Å²) in [6.45, 7) is 4.55. The molecule has 0 unspecified atom stereocenters. The Morgan fingerprint density at radius 2 is 1.80 bits per heavy atom. The molecule has 4 rings (SSSR count). The van der Waals surface area contributed by atoms with Crippen LogP contribution in [0.5, 0.6) is 0 Å². The lowest BCUT2D eigenvalue weighted by Gasteiger charge is -2.35. The highest BCUT2D eigenvalue weighted by molar-refractivity contribution is 7.71. The van der Waals surface area contributed by atoms with Crippen LogP contribution in [0.2, 0.25) is 0 Å². The van der Waals surface area contributed by atoms with Crippen molar-refractivity contribution in [3.8, 4) is 11.5 Å². The normalized spacial score (nSPS) is 15.4. The number of pyridine rings is 1. The van der Waals surface area contributed by atoms with E-state index in [1.165, 1.54) is 5.69 Å². The number of piperazine rings is 1. The topological polar surface area (TPSA) is 50.3 Å². The van der Waals surface area contributed by atoms with Gasteiger partial charge in [-0.05, 0) is 36.5 Å². The van der Waals surface area contributed by atoms with Crippen molar-refractivity contribution < 1.29 is 4.42 Å². The van der Waals surface area contributed by atoms with Crippen LogP contribution in [0.15, 0.2) is 59.3 Å². The lowest BCUT2D eigenvalue weighted by Crippen LogP contribution is -2.46. The van der Waals surface area contributed by atoms with Crippen LogP contribution in [-0.2, 0) is 6.67 Å². The summed E-state index contributed by atoms with van der Waals surface area (Å²) in [5, 5.41) is 4.50. The molecule has 0 N–H and O–H groups in total. The smallest absolute Gasteiger partial charge is 0.288 e. The van der Waals surface area contributed by atoms with Crippen LogP contribution < -0.4 is 4.90 Å². The maximum absolute atomic E-state index is 5.62. The van der Waals surface area contributed by atoms with Crippen LogP contribution in [0.4, 0.5) is 5.69 Å². The van der Waals surface area contributed by atoms with Crippen molar-refractivity contribution in [3.63, 3.8) is 0 Å². The second-order valence-electron chi connectivity index (χ2n) is 6.00. The lowest BCUT2D eigenvalue weighted by molar-refractivity contribution is 0.192. The second kappa shape index (κ2) is 7.16. The predicted octanol–water partition coefficient (Wildman–Crippen LogP) is 3.05. The minimum atomic E-state index is 0.393.